The average Bonchev–Trinajstić information content (AvgIpc) is 2.87. The van der Waals surface area contributed by atoms with Crippen LogP contribution in [-0.4, -0.2) is 43.7 Å². The Hall–Kier alpha value is -1.22. The van der Waals surface area contributed by atoms with Crippen molar-refractivity contribution in [2.24, 2.45) is 0 Å². The number of hydrogen-bond acceptors (Lipinski definition) is 3. The molecule has 3 rings (SSSR count). The van der Waals surface area contributed by atoms with Gasteiger partial charge in [-0.05, 0) is 50.6 Å². The molecule has 1 atom stereocenters. The lowest BCUT2D eigenvalue weighted by Crippen LogP contribution is -2.50. The van der Waals surface area contributed by atoms with Crippen molar-refractivity contribution in [2.75, 3.05) is 37.7 Å². The third-order valence-electron chi connectivity index (χ3n) is 4.10. The summed E-state index contributed by atoms with van der Waals surface area (Å²) in [6.07, 6.45) is 2.75. The van der Waals surface area contributed by atoms with Gasteiger partial charge in [0.05, 0.1) is 6.61 Å². The van der Waals surface area contributed by atoms with E-state index in [9.17, 15) is 0 Å². The van der Waals surface area contributed by atoms with E-state index in [1.54, 1.807) is 0 Å². The first-order chi connectivity index (χ1) is 8.86. The van der Waals surface area contributed by atoms with Crippen LogP contribution in [0, 0.1) is 0 Å². The summed E-state index contributed by atoms with van der Waals surface area (Å²) >= 11 is 0. The first-order valence-corrected chi connectivity index (χ1v) is 7.08. The molecule has 2 aliphatic rings. The zero-order valence-electron chi connectivity index (χ0n) is 11.1. The molecule has 2 saturated heterocycles. The smallest absolute Gasteiger partial charge is 0.119 e. The molecule has 0 aliphatic carbocycles. The van der Waals surface area contributed by atoms with Crippen LogP contribution >= 0.6 is 0 Å². The van der Waals surface area contributed by atoms with Crippen LogP contribution in [0.25, 0.3) is 0 Å². The van der Waals surface area contributed by atoms with E-state index in [1.165, 1.54) is 38.2 Å². The van der Waals surface area contributed by atoms with Crippen molar-refractivity contribution >= 4 is 5.69 Å². The predicted octanol–water partition coefficient (Wildman–Crippen LogP) is 2.37. The van der Waals surface area contributed by atoms with Crippen LogP contribution in [0.5, 0.6) is 5.75 Å². The zero-order chi connectivity index (χ0) is 12.4. The molecule has 0 aromatic heterocycles. The van der Waals surface area contributed by atoms with E-state index in [2.05, 4.69) is 34.1 Å². The van der Waals surface area contributed by atoms with Crippen LogP contribution in [0.4, 0.5) is 5.69 Å². The van der Waals surface area contributed by atoms with Gasteiger partial charge in [0.15, 0.2) is 0 Å². The minimum Gasteiger partial charge on any atom is -0.494 e. The van der Waals surface area contributed by atoms with Crippen molar-refractivity contribution < 1.29 is 4.74 Å². The molecule has 0 saturated carbocycles. The Morgan fingerprint density at radius 1 is 1.17 bits per heavy atom. The highest BCUT2D eigenvalue weighted by atomic mass is 16.5. The first kappa shape index (κ1) is 11.8. The van der Waals surface area contributed by atoms with E-state index in [4.69, 9.17) is 4.74 Å². The van der Waals surface area contributed by atoms with E-state index in [1.807, 2.05) is 6.92 Å². The molecule has 0 N–H and O–H groups in total. The maximum Gasteiger partial charge on any atom is 0.119 e. The van der Waals surface area contributed by atoms with Crippen molar-refractivity contribution in [1.29, 1.82) is 0 Å². The normalized spacial score (nSPS) is 24.1. The summed E-state index contributed by atoms with van der Waals surface area (Å²) in [7, 11) is 0. The van der Waals surface area contributed by atoms with Gasteiger partial charge < -0.3 is 9.64 Å². The number of piperazine rings is 1. The summed E-state index contributed by atoms with van der Waals surface area (Å²) in [5.41, 5.74) is 1.34. The number of benzene rings is 1. The molecule has 0 bridgehead atoms. The molecule has 1 aromatic rings. The Kier molecular flexibility index (Phi) is 3.41. The van der Waals surface area contributed by atoms with Gasteiger partial charge in [-0.3, -0.25) is 4.90 Å². The lowest BCUT2D eigenvalue weighted by atomic mass is 10.1. The van der Waals surface area contributed by atoms with Crippen LogP contribution in [0.1, 0.15) is 19.8 Å². The van der Waals surface area contributed by atoms with Crippen LogP contribution < -0.4 is 9.64 Å². The monoisotopic (exact) mass is 246 g/mol. The number of hydrogen-bond donors (Lipinski definition) is 0. The molecule has 0 radical (unpaired) electrons. The second-order valence-electron chi connectivity index (χ2n) is 5.20. The Morgan fingerprint density at radius 3 is 2.78 bits per heavy atom. The van der Waals surface area contributed by atoms with Gasteiger partial charge in [0, 0.05) is 31.4 Å². The highest BCUT2D eigenvalue weighted by molar-refractivity contribution is 5.49. The molecule has 1 unspecified atom stereocenters. The second kappa shape index (κ2) is 5.19. The SMILES string of the molecule is CCOc1ccc(N2CCN3CCCC3C2)cc1. The summed E-state index contributed by atoms with van der Waals surface area (Å²) in [6.45, 7) is 7.63. The largest absolute Gasteiger partial charge is 0.494 e. The lowest BCUT2D eigenvalue weighted by molar-refractivity contribution is 0.231. The number of anilines is 1. The molecule has 2 aliphatic heterocycles. The van der Waals surface area contributed by atoms with Gasteiger partial charge in [-0.25, -0.2) is 0 Å². The van der Waals surface area contributed by atoms with E-state index < -0.39 is 0 Å². The second-order valence-corrected chi connectivity index (χ2v) is 5.20. The summed E-state index contributed by atoms with van der Waals surface area (Å²) in [4.78, 5) is 5.16. The minimum absolute atomic E-state index is 0.736. The lowest BCUT2D eigenvalue weighted by Gasteiger charge is -2.38. The molecular weight excluding hydrogens is 224 g/mol. The van der Waals surface area contributed by atoms with E-state index >= 15 is 0 Å². The van der Waals surface area contributed by atoms with E-state index in [0.717, 1.165) is 24.9 Å². The molecule has 2 fully saturated rings. The summed E-state index contributed by atoms with van der Waals surface area (Å²) in [5.74, 6) is 0.973. The molecule has 3 nitrogen and oxygen atoms in total. The zero-order valence-corrected chi connectivity index (χ0v) is 11.1. The Morgan fingerprint density at radius 2 is 2.00 bits per heavy atom. The molecule has 98 valence electrons. The number of rotatable bonds is 3. The molecule has 0 spiro atoms. The van der Waals surface area contributed by atoms with Crippen LogP contribution in [0.2, 0.25) is 0 Å². The number of nitrogens with zero attached hydrogens (tertiary/aromatic N) is 2. The van der Waals surface area contributed by atoms with Crippen molar-refractivity contribution in [2.45, 2.75) is 25.8 Å². The molecule has 1 aromatic carbocycles. The summed E-state index contributed by atoms with van der Waals surface area (Å²) in [6, 6.07) is 9.33. The molecule has 0 amide bonds. The fourth-order valence-electron chi connectivity index (χ4n) is 3.15. The number of ether oxygens (including phenoxy) is 1. The van der Waals surface area contributed by atoms with Gasteiger partial charge in [-0.1, -0.05) is 0 Å². The quantitative estimate of drug-likeness (QED) is 0.814. The fourth-order valence-corrected chi connectivity index (χ4v) is 3.15. The maximum atomic E-state index is 5.49. The third kappa shape index (κ3) is 2.32. The number of fused-ring (bicyclic) bond motifs is 1. The van der Waals surface area contributed by atoms with E-state index in [-0.39, 0.29) is 0 Å². The Bertz CT molecular complexity index is 390. The van der Waals surface area contributed by atoms with Crippen LogP contribution in [-0.2, 0) is 0 Å². The average molecular weight is 246 g/mol. The highest BCUT2D eigenvalue weighted by Crippen LogP contribution is 2.26. The van der Waals surface area contributed by atoms with Gasteiger partial charge in [0.2, 0.25) is 0 Å². The topological polar surface area (TPSA) is 15.7 Å². The van der Waals surface area contributed by atoms with Gasteiger partial charge in [0.25, 0.3) is 0 Å². The highest BCUT2D eigenvalue weighted by Gasteiger charge is 2.30. The van der Waals surface area contributed by atoms with Gasteiger partial charge in [-0.15, -0.1) is 0 Å². The van der Waals surface area contributed by atoms with Crippen molar-refractivity contribution in [3.05, 3.63) is 24.3 Å². The van der Waals surface area contributed by atoms with Gasteiger partial charge in [-0.2, -0.15) is 0 Å². The standard InChI is InChI=1S/C15H22N2O/c1-2-18-15-7-5-13(6-8-15)17-11-10-16-9-3-4-14(16)12-17/h5-8,14H,2-4,9-12H2,1H3. The van der Waals surface area contributed by atoms with E-state index in [0.29, 0.717) is 0 Å². The summed E-state index contributed by atoms with van der Waals surface area (Å²) < 4.78 is 5.49. The molecular formula is C15H22N2O. The molecule has 2 heterocycles. The molecule has 18 heavy (non-hydrogen) atoms. The third-order valence-corrected chi connectivity index (χ3v) is 4.10. The fraction of sp³-hybridized carbons (Fsp3) is 0.600. The predicted molar refractivity (Wildman–Crippen MR) is 74.4 cm³/mol. The van der Waals surface area contributed by atoms with Crippen LogP contribution in [0.3, 0.4) is 0 Å². The minimum atomic E-state index is 0.736. The molecule has 3 heteroatoms. The summed E-state index contributed by atoms with van der Waals surface area (Å²) in [5, 5.41) is 0. The Labute approximate surface area is 109 Å². The maximum absolute atomic E-state index is 5.49. The van der Waals surface area contributed by atoms with Crippen molar-refractivity contribution in [3.8, 4) is 5.75 Å². The van der Waals surface area contributed by atoms with Gasteiger partial charge in [0.1, 0.15) is 5.75 Å². The van der Waals surface area contributed by atoms with Crippen molar-refractivity contribution in [1.82, 2.24) is 4.90 Å². The van der Waals surface area contributed by atoms with Gasteiger partial charge >= 0.3 is 0 Å². The first-order valence-electron chi connectivity index (χ1n) is 7.08. The Balaban J connectivity index is 1.67. The van der Waals surface area contributed by atoms with Crippen molar-refractivity contribution in [3.63, 3.8) is 0 Å². The van der Waals surface area contributed by atoms with Crippen LogP contribution in [0.15, 0.2) is 24.3 Å².